The second-order valence-electron chi connectivity index (χ2n) is 4.62. The molecule has 0 radical (unpaired) electrons. The monoisotopic (exact) mass is 278 g/mol. The van der Waals surface area contributed by atoms with Crippen LogP contribution < -0.4 is 11.4 Å². The molecule has 0 spiro atoms. The minimum atomic E-state index is -0.412. The molecule has 21 heavy (non-hydrogen) atoms. The van der Waals surface area contributed by atoms with Crippen molar-refractivity contribution in [3.63, 3.8) is 0 Å². The molecule has 0 saturated carbocycles. The molecule has 102 valence electrons. The number of fused-ring (bicyclic) bond motifs is 3. The Morgan fingerprint density at radius 3 is 2.48 bits per heavy atom. The molecule has 6 nitrogen and oxygen atoms in total. The molecule has 4 rings (SSSR count). The summed E-state index contributed by atoms with van der Waals surface area (Å²) in [5, 5.41) is 0. The van der Waals surface area contributed by atoms with Gasteiger partial charge in [-0.1, -0.05) is 18.2 Å². The second-order valence-corrected chi connectivity index (χ2v) is 4.62. The number of nitrogens with zero attached hydrogens (tertiary/aromatic N) is 4. The van der Waals surface area contributed by atoms with Crippen molar-refractivity contribution in [3.05, 3.63) is 81.9 Å². The number of hydrogen-bond donors (Lipinski definition) is 0. The van der Waals surface area contributed by atoms with Crippen LogP contribution in [0.25, 0.3) is 16.7 Å². The molecule has 6 heteroatoms. The molecule has 0 aliphatic heterocycles. The van der Waals surface area contributed by atoms with Crippen molar-refractivity contribution in [1.29, 1.82) is 0 Å². The van der Waals surface area contributed by atoms with Crippen molar-refractivity contribution in [3.8, 4) is 5.69 Å². The highest BCUT2D eigenvalue weighted by Crippen LogP contribution is 2.08. The van der Waals surface area contributed by atoms with E-state index < -0.39 is 11.4 Å². The topological polar surface area (TPSA) is 60.8 Å². The van der Waals surface area contributed by atoms with E-state index >= 15 is 0 Å². The Bertz CT molecular complexity index is 1070. The van der Waals surface area contributed by atoms with Gasteiger partial charge in [0, 0.05) is 12.4 Å². The first-order valence-electron chi connectivity index (χ1n) is 6.43. The Morgan fingerprint density at radius 2 is 1.67 bits per heavy atom. The van der Waals surface area contributed by atoms with Gasteiger partial charge in [-0.15, -0.1) is 0 Å². The second kappa shape index (κ2) is 4.17. The average Bonchev–Trinajstić information content (AvgIpc) is 2.80. The van der Waals surface area contributed by atoms with Gasteiger partial charge < -0.3 is 0 Å². The van der Waals surface area contributed by atoms with Gasteiger partial charge >= 0.3 is 11.4 Å². The smallest absolute Gasteiger partial charge is 0.255 e. The molecule has 3 heterocycles. The number of para-hydroxylation sites is 1. The van der Waals surface area contributed by atoms with E-state index in [4.69, 9.17) is 0 Å². The van der Waals surface area contributed by atoms with E-state index in [2.05, 4.69) is 4.98 Å². The fourth-order valence-electron chi connectivity index (χ4n) is 2.46. The van der Waals surface area contributed by atoms with Crippen LogP contribution in [0.15, 0.2) is 70.5 Å². The molecule has 0 N–H and O–H groups in total. The molecule has 0 aliphatic rings. The normalized spacial score (nSPS) is 11.2. The Hall–Kier alpha value is -3.15. The molecule has 0 fully saturated rings. The zero-order chi connectivity index (χ0) is 14.4. The van der Waals surface area contributed by atoms with Crippen molar-refractivity contribution in [2.75, 3.05) is 0 Å². The SMILES string of the molecule is O=c1n(-c2ccccc2)c(=O)n2c3cccnc3ccn12. The van der Waals surface area contributed by atoms with Crippen LogP contribution in [0, 0.1) is 0 Å². The molecule has 4 aromatic rings. The van der Waals surface area contributed by atoms with E-state index in [1.807, 2.05) is 6.07 Å². The lowest BCUT2D eigenvalue weighted by molar-refractivity contribution is 0.803. The van der Waals surface area contributed by atoms with Crippen molar-refractivity contribution in [2.45, 2.75) is 0 Å². The summed E-state index contributed by atoms with van der Waals surface area (Å²) in [6.07, 6.45) is 3.20. The lowest BCUT2D eigenvalue weighted by Crippen LogP contribution is -2.25. The van der Waals surface area contributed by atoms with Gasteiger partial charge in [-0.3, -0.25) is 4.98 Å². The summed E-state index contributed by atoms with van der Waals surface area (Å²) in [6.45, 7) is 0. The van der Waals surface area contributed by atoms with E-state index in [1.165, 1.54) is 9.03 Å². The third-order valence-corrected chi connectivity index (χ3v) is 3.41. The summed E-state index contributed by atoms with van der Waals surface area (Å²) in [6, 6.07) is 14.1. The number of benzene rings is 1. The molecular formula is C15H10N4O2. The first-order valence-corrected chi connectivity index (χ1v) is 6.43. The molecule has 0 bridgehead atoms. The predicted octanol–water partition coefficient (Wildman–Crippen LogP) is 1.10. The summed E-state index contributed by atoms with van der Waals surface area (Å²) in [5.41, 5.74) is 0.976. The average molecular weight is 278 g/mol. The molecule has 0 unspecified atom stereocenters. The zero-order valence-corrected chi connectivity index (χ0v) is 10.9. The van der Waals surface area contributed by atoms with E-state index in [0.717, 1.165) is 4.57 Å². The highest BCUT2D eigenvalue weighted by molar-refractivity contribution is 5.73. The van der Waals surface area contributed by atoms with Gasteiger partial charge in [0.15, 0.2) is 0 Å². The van der Waals surface area contributed by atoms with Crippen molar-refractivity contribution >= 4 is 11.0 Å². The van der Waals surface area contributed by atoms with Crippen LogP contribution in [-0.2, 0) is 0 Å². The van der Waals surface area contributed by atoms with Gasteiger partial charge in [-0.25, -0.2) is 18.7 Å². The first-order chi connectivity index (χ1) is 10.3. The molecule has 3 aromatic heterocycles. The van der Waals surface area contributed by atoms with E-state index in [1.54, 1.807) is 54.9 Å². The number of pyridine rings is 1. The highest BCUT2D eigenvalue weighted by Gasteiger charge is 2.14. The van der Waals surface area contributed by atoms with Gasteiger partial charge in [-0.2, -0.15) is 4.52 Å². The molecule has 1 aromatic carbocycles. The summed E-state index contributed by atoms with van der Waals surface area (Å²) in [7, 11) is 0. The van der Waals surface area contributed by atoms with E-state index in [0.29, 0.717) is 16.7 Å². The van der Waals surface area contributed by atoms with E-state index in [-0.39, 0.29) is 0 Å². The molecule has 0 amide bonds. The van der Waals surface area contributed by atoms with Crippen LogP contribution in [0.5, 0.6) is 0 Å². The van der Waals surface area contributed by atoms with Crippen LogP contribution in [0.4, 0.5) is 0 Å². The van der Waals surface area contributed by atoms with Gasteiger partial charge in [0.05, 0.1) is 16.7 Å². The van der Waals surface area contributed by atoms with Gasteiger partial charge in [0.2, 0.25) is 0 Å². The van der Waals surface area contributed by atoms with E-state index in [9.17, 15) is 9.59 Å². The standard InChI is InChI=1S/C15H10N4O2/c20-14-17-10-8-12-13(7-4-9-16-12)19(17)15(21)18(14)11-5-2-1-3-6-11/h1-10H. The maximum Gasteiger partial charge on any atom is 0.356 e. The third kappa shape index (κ3) is 1.56. The predicted molar refractivity (Wildman–Crippen MR) is 78.0 cm³/mol. The largest absolute Gasteiger partial charge is 0.356 e. The quantitative estimate of drug-likeness (QED) is 0.524. The minimum absolute atomic E-state index is 0.406. The van der Waals surface area contributed by atoms with Gasteiger partial charge in [0.1, 0.15) is 0 Å². The summed E-state index contributed by atoms with van der Waals surface area (Å²) < 4.78 is 3.77. The van der Waals surface area contributed by atoms with Crippen molar-refractivity contribution in [1.82, 2.24) is 18.6 Å². The molecular weight excluding hydrogens is 268 g/mol. The van der Waals surface area contributed by atoms with Crippen LogP contribution in [-0.4, -0.2) is 18.6 Å². The maximum atomic E-state index is 12.6. The lowest BCUT2D eigenvalue weighted by atomic mass is 10.3. The Morgan fingerprint density at radius 1 is 0.857 bits per heavy atom. The van der Waals surface area contributed by atoms with Crippen LogP contribution >= 0.6 is 0 Å². The number of aromatic nitrogens is 4. The fourth-order valence-corrected chi connectivity index (χ4v) is 2.46. The molecule has 0 atom stereocenters. The maximum absolute atomic E-state index is 12.6. The van der Waals surface area contributed by atoms with Crippen molar-refractivity contribution in [2.24, 2.45) is 0 Å². The summed E-state index contributed by atoms with van der Waals surface area (Å²) in [5.74, 6) is 0. The first kappa shape index (κ1) is 11.7. The fraction of sp³-hybridized carbons (Fsp3) is 0. The number of rotatable bonds is 1. The van der Waals surface area contributed by atoms with Crippen LogP contribution in [0.3, 0.4) is 0 Å². The van der Waals surface area contributed by atoms with Gasteiger partial charge in [-0.05, 0) is 30.3 Å². The Labute approximate surface area is 118 Å². The van der Waals surface area contributed by atoms with Crippen LogP contribution in [0.2, 0.25) is 0 Å². The third-order valence-electron chi connectivity index (χ3n) is 3.41. The molecule has 0 aliphatic carbocycles. The van der Waals surface area contributed by atoms with Gasteiger partial charge in [0.25, 0.3) is 0 Å². The zero-order valence-electron chi connectivity index (χ0n) is 10.9. The Kier molecular flexibility index (Phi) is 2.32. The molecule has 0 saturated heterocycles. The summed E-state index contributed by atoms with van der Waals surface area (Å²) >= 11 is 0. The van der Waals surface area contributed by atoms with Crippen molar-refractivity contribution < 1.29 is 0 Å². The number of hydrogen-bond acceptors (Lipinski definition) is 3. The minimum Gasteiger partial charge on any atom is -0.255 e. The Balaban J connectivity index is 2.24. The van der Waals surface area contributed by atoms with Crippen LogP contribution in [0.1, 0.15) is 0 Å². The summed E-state index contributed by atoms with van der Waals surface area (Å²) in [4.78, 5) is 29.3. The highest BCUT2D eigenvalue weighted by atomic mass is 16.2. The lowest BCUT2D eigenvalue weighted by Gasteiger charge is -1.99.